The van der Waals surface area contributed by atoms with Crippen LogP contribution < -0.4 is 24.8 Å². The van der Waals surface area contributed by atoms with Gasteiger partial charge in [-0.05, 0) is 0 Å². The molecule has 0 fully saturated rings. The van der Waals surface area contributed by atoms with Crippen molar-refractivity contribution in [3.05, 3.63) is 58.7 Å². The Morgan fingerprint density at radius 3 is 1.10 bits per heavy atom. The molecule has 0 radical (unpaired) electrons. The molecular formula is C18H26Cl2Zr. The van der Waals surface area contributed by atoms with E-state index in [1.807, 2.05) is 0 Å². The number of halogens is 2. The topological polar surface area (TPSA) is 0 Å². The van der Waals surface area contributed by atoms with Crippen LogP contribution >= 0.6 is 0 Å². The number of hydrogen-bond acceptors (Lipinski definition) is 0. The van der Waals surface area contributed by atoms with Gasteiger partial charge in [-0.3, -0.25) is 0 Å². The summed E-state index contributed by atoms with van der Waals surface area (Å²) in [6, 6.07) is 13.2. The maximum absolute atomic E-state index is 2.24. The first kappa shape index (κ1) is 26.1. The molecule has 2 rings (SSSR count). The molecule has 0 heterocycles. The molecule has 3 heteroatoms. The maximum Gasteiger partial charge on any atom is 4.00 e. The van der Waals surface area contributed by atoms with Crippen LogP contribution in [0.4, 0.5) is 0 Å². The van der Waals surface area contributed by atoms with Gasteiger partial charge in [0.2, 0.25) is 0 Å². The molecule has 2 aromatic rings. The van der Waals surface area contributed by atoms with Crippen molar-refractivity contribution in [3.63, 3.8) is 0 Å². The summed E-state index contributed by atoms with van der Waals surface area (Å²) in [6.07, 6.45) is 0. The van der Waals surface area contributed by atoms with Crippen LogP contribution in [0.2, 0.25) is 0 Å². The third kappa shape index (κ3) is 9.72. The van der Waals surface area contributed by atoms with E-state index >= 15 is 0 Å². The fraction of sp³-hybridized carbons (Fsp3) is 0.444. The van der Waals surface area contributed by atoms with Crippen molar-refractivity contribution in [2.24, 2.45) is 0 Å². The quantitative estimate of drug-likeness (QED) is 0.602. The van der Waals surface area contributed by atoms with E-state index in [1.54, 1.807) is 0 Å². The van der Waals surface area contributed by atoms with Crippen molar-refractivity contribution in [1.82, 2.24) is 0 Å². The summed E-state index contributed by atoms with van der Waals surface area (Å²) < 4.78 is 0. The molecule has 0 aliphatic rings. The zero-order valence-corrected chi connectivity index (χ0v) is 17.8. The zero-order valence-electron chi connectivity index (χ0n) is 13.9. The third-order valence-electron chi connectivity index (χ3n) is 3.20. The van der Waals surface area contributed by atoms with Gasteiger partial charge in [-0.25, -0.2) is 23.3 Å². The molecule has 21 heavy (non-hydrogen) atoms. The summed E-state index contributed by atoms with van der Waals surface area (Å²) in [5, 5.41) is 0. The monoisotopic (exact) mass is 402 g/mol. The predicted molar refractivity (Wildman–Crippen MR) is 81.7 cm³/mol. The summed E-state index contributed by atoms with van der Waals surface area (Å²) >= 11 is 0. The second-order valence-electron chi connectivity index (χ2n) is 5.75. The Labute approximate surface area is 162 Å². The second-order valence-corrected chi connectivity index (χ2v) is 5.75. The summed E-state index contributed by atoms with van der Waals surface area (Å²) in [7, 11) is 0. The van der Waals surface area contributed by atoms with Gasteiger partial charge >= 0.3 is 26.2 Å². The molecule has 0 saturated heterocycles. The minimum atomic E-state index is 0. The van der Waals surface area contributed by atoms with Crippen LogP contribution in [0.5, 0.6) is 0 Å². The van der Waals surface area contributed by atoms with Gasteiger partial charge in [0.05, 0.1) is 0 Å². The Morgan fingerprint density at radius 1 is 0.714 bits per heavy atom. The van der Waals surface area contributed by atoms with Gasteiger partial charge in [0.1, 0.15) is 0 Å². The Morgan fingerprint density at radius 2 is 1.00 bits per heavy atom. The molecule has 0 aliphatic heterocycles. The second kappa shape index (κ2) is 12.7. The summed E-state index contributed by atoms with van der Waals surface area (Å²) in [4.78, 5) is 0. The molecular weight excluding hydrogens is 378 g/mol. The van der Waals surface area contributed by atoms with Gasteiger partial charge in [-0.1, -0.05) is 53.4 Å². The van der Waals surface area contributed by atoms with E-state index in [0.717, 1.165) is 0 Å². The van der Waals surface area contributed by atoms with Crippen LogP contribution in [-0.2, 0) is 26.2 Å². The van der Waals surface area contributed by atoms with Gasteiger partial charge in [-0.2, -0.15) is 35.4 Å². The van der Waals surface area contributed by atoms with Crippen molar-refractivity contribution < 1.29 is 51.0 Å². The maximum atomic E-state index is 2.24. The van der Waals surface area contributed by atoms with Crippen LogP contribution in [0.3, 0.4) is 0 Å². The molecule has 0 N–H and O–H groups in total. The largest absolute Gasteiger partial charge is 4.00 e. The van der Waals surface area contributed by atoms with E-state index in [4.69, 9.17) is 0 Å². The Bertz CT molecular complexity index is 423. The summed E-state index contributed by atoms with van der Waals surface area (Å²) in [5.74, 6) is 1.36. The molecule has 0 saturated carbocycles. The first-order valence-electron chi connectivity index (χ1n) is 6.86. The van der Waals surface area contributed by atoms with Gasteiger partial charge in [0.25, 0.3) is 0 Å². The predicted octanol–water partition coefficient (Wildman–Crippen LogP) is -0.320. The first-order valence-corrected chi connectivity index (χ1v) is 6.86. The van der Waals surface area contributed by atoms with E-state index < -0.39 is 0 Å². The molecule has 0 aromatic heterocycles. The first-order chi connectivity index (χ1) is 8.40. The fourth-order valence-electron chi connectivity index (χ4n) is 1.89. The van der Waals surface area contributed by atoms with E-state index in [-0.39, 0.29) is 51.0 Å². The van der Waals surface area contributed by atoms with Crippen LogP contribution in [-0.4, -0.2) is 0 Å². The fourth-order valence-corrected chi connectivity index (χ4v) is 1.89. The van der Waals surface area contributed by atoms with Crippen LogP contribution in [0.25, 0.3) is 0 Å². The number of rotatable bonds is 2. The molecule has 0 atom stereocenters. The molecule has 0 spiro atoms. The van der Waals surface area contributed by atoms with E-state index in [1.165, 1.54) is 22.3 Å². The van der Waals surface area contributed by atoms with Crippen molar-refractivity contribution in [1.29, 1.82) is 0 Å². The van der Waals surface area contributed by atoms with Gasteiger partial charge in [0.15, 0.2) is 0 Å². The van der Waals surface area contributed by atoms with Crippen molar-refractivity contribution in [2.75, 3.05) is 0 Å². The SMILES string of the molecule is Cc1cc[c-](C(C)C)c1.Cc1cc[c-](C(C)C)c1.[Cl-].[Cl-].[Zr+4]. The number of hydrogen-bond donors (Lipinski definition) is 0. The number of aryl methyl sites for hydroxylation is 2. The Kier molecular flexibility index (Phi) is 15.7. The van der Waals surface area contributed by atoms with Gasteiger partial charge < -0.3 is 24.8 Å². The van der Waals surface area contributed by atoms with E-state index in [0.29, 0.717) is 11.8 Å². The smallest absolute Gasteiger partial charge is 1.00 e. The molecule has 0 unspecified atom stereocenters. The molecule has 2 aromatic carbocycles. The van der Waals surface area contributed by atoms with Crippen LogP contribution in [0.15, 0.2) is 36.4 Å². The zero-order chi connectivity index (χ0) is 13.7. The van der Waals surface area contributed by atoms with Crippen molar-refractivity contribution in [3.8, 4) is 0 Å². The molecule has 0 amide bonds. The average molecular weight is 405 g/mol. The minimum Gasteiger partial charge on any atom is -1.00 e. The third-order valence-corrected chi connectivity index (χ3v) is 3.20. The van der Waals surface area contributed by atoms with E-state index in [2.05, 4.69) is 77.9 Å². The Balaban J connectivity index is -0.000000270. The van der Waals surface area contributed by atoms with Crippen molar-refractivity contribution >= 4 is 0 Å². The van der Waals surface area contributed by atoms with E-state index in [9.17, 15) is 0 Å². The minimum absolute atomic E-state index is 0. The van der Waals surface area contributed by atoms with Crippen LogP contribution in [0.1, 0.15) is 61.8 Å². The Hall–Kier alpha value is 0.163. The van der Waals surface area contributed by atoms with Crippen molar-refractivity contribution in [2.45, 2.75) is 53.4 Å². The van der Waals surface area contributed by atoms with Gasteiger partial charge in [0, 0.05) is 0 Å². The van der Waals surface area contributed by atoms with Crippen LogP contribution in [0, 0.1) is 13.8 Å². The van der Waals surface area contributed by atoms with Gasteiger partial charge in [-0.15, -0.1) is 0 Å². The summed E-state index contributed by atoms with van der Waals surface area (Å²) in [5.41, 5.74) is 5.65. The summed E-state index contributed by atoms with van der Waals surface area (Å²) in [6.45, 7) is 13.1. The molecule has 0 nitrogen and oxygen atoms in total. The molecule has 0 aliphatic carbocycles. The standard InChI is InChI=1S/2C9H13.2ClH.Zr/c2*1-7(2)9-5-4-8(3)6-9;;;/h2*4-7H,1-3H3;2*1H;/q2*-1;;;+4/p-2. The normalized spacial score (nSPS) is 9.14. The average Bonchev–Trinajstić information content (AvgIpc) is 2.88. The molecule has 116 valence electrons. The molecule has 0 bridgehead atoms.